The van der Waals surface area contributed by atoms with Gasteiger partial charge in [-0.15, -0.1) is 0 Å². The van der Waals surface area contributed by atoms with Crippen molar-refractivity contribution in [1.29, 1.82) is 0 Å². The van der Waals surface area contributed by atoms with Crippen molar-refractivity contribution in [2.75, 3.05) is 31.5 Å². The number of imidazole rings is 1. The molecule has 0 spiro atoms. The number of benzene rings is 1. The van der Waals surface area contributed by atoms with Crippen LogP contribution >= 0.6 is 11.6 Å². The Balaban J connectivity index is 1.51. The summed E-state index contributed by atoms with van der Waals surface area (Å²) in [5.74, 6) is -0.990. The monoisotopic (exact) mass is 561 g/mol. The number of carbonyl (C=O) groups is 2. The quantitative estimate of drug-likeness (QED) is 0.433. The molecule has 0 atom stereocenters. The molecule has 1 saturated heterocycles. The Kier molecular flexibility index (Phi) is 6.91. The van der Waals surface area contributed by atoms with E-state index in [0.717, 1.165) is 26.2 Å². The van der Waals surface area contributed by atoms with E-state index in [-0.39, 0.29) is 58.9 Å². The van der Waals surface area contributed by atoms with Crippen LogP contribution in [0.2, 0.25) is 5.02 Å². The fourth-order valence-corrected chi connectivity index (χ4v) is 5.74. The number of nitrogens with one attached hydrogen (secondary N) is 2. The van der Waals surface area contributed by atoms with Gasteiger partial charge in [0.15, 0.2) is 5.82 Å². The average molecular weight is 562 g/mol. The molecule has 3 heterocycles. The van der Waals surface area contributed by atoms with Gasteiger partial charge < -0.3 is 19.9 Å². The van der Waals surface area contributed by atoms with Crippen molar-refractivity contribution in [2.45, 2.75) is 11.1 Å². The number of carbonyl (C=O) groups excluding carboxylic acids is 1. The lowest BCUT2D eigenvalue weighted by atomic mass is 10.2. The summed E-state index contributed by atoms with van der Waals surface area (Å²) in [5, 5.41) is 16.7. The number of amides is 2. The predicted octanol–water partition coefficient (Wildman–Crippen LogP) is 2.72. The van der Waals surface area contributed by atoms with Gasteiger partial charge in [0.05, 0.1) is 28.7 Å². The van der Waals surface area contributed by atoms with E-state index in [1.807, 2.05) is 5.10 Å². The van der Waals surface area contributed by atoms with Gasteiger partial charge in [-0.1, -0.05) is 11.6 Å². The van der Waals surface area contributed by atoms with Crippen LogP contribution in [0, 0.1) is 0 Å². The number of H-pyrrole nitrogens is 1. The van der Waals surface area contributed by atoms with Gasteiger partial charge in [-0.25, -0.2) is 18.2 Å². The fraction of sp³-hybridized carbons (Fsp3) is 0.300. The first kappa shape index (κ1) is 26.4. The lowest BCUT2D eigenvalue weighted by Gasteiger charge is -2.32. The molecule has 2 amide bonds. The summed E-state index contributed by atoms with van der Waals surface area (Å²) in [4.78, 5) is 28.6. The Morgan fingerprint density at radius 2 is 1.84 bits per heavy atom. The maximum atomic E-state index is 13.2. The highest BCUT2D eigenvalue weighted by molar-refractivity contribution is 7.89. The van der Waals surface area contributed by atoms with E-state index in [9.17, 15) is 31.2 Å². The first-order chi connectivity index (χ1) is 17.3. The Hall–Kier alpha value is -3.63. The smallest absolute Gasteiger partial charge is 0.433 e. The summed E-state index contributed by atoms with van der Waals surface area (Å²) in [6.07, 6.45) is -3.76. The average Bonchev–Trinajstić information content (AvgIpc) is 3.45. The summed E-state index contributed by atoms with van der Waals surface area (Å²) in [5.41, 5.74) is -1.26. The Morgan fingerprint density at radius 1 is 1.16 bits per heavy atom. The lowest BCUT2D eigenvalue weighted by molar-refractivity contribution is -0.140. The SMILES string of the molecule is Cn1c(-c2cn[nH]c2C(F)(F)F)cnc1C(=O)Nc1ccc(S(=O)(=O)N2CCN(C(=O)O)CC2)c(Cl)c1. The molecule has 37 heavy (non-hydrogen) atoms. The van der Waals surface area contributed by atoms with Crippen molar-refractivity contribution in [3.05, 3.63) is 47.1 Å². The summed E-state index contributed by atoms with van der Waals surface area (Å²) in [6, 6.07) is 3.70. The number of anilines is 1. The molecule has 198 valence electrons. The first-order valence-corrected chi connectivity index (χ1v) is 12.3. The fourth-order valence-electron chi connectivity index (χ4n) is 3.80. The number of aromatic nitrogens is 4. The zero-order valence-electron chi connectivity index (χ0n) is 19.0. The van der Waals surface area contributed by atoms with Gasteiger partial charge in [0, 0.05) is 38.9 Å². The highest BCUT2D eigenvalue weighted by Gasteiger charge is 2.37. The molecular weight excluding hydrogens is 543 g/mol. The minimum absolute atomic E-state index is 0.00584. The topological polar surface area (TPSA) is 154 Å². The predicted molar refractivity (Wildman–Crippen MR) is 124 cm³/mol. The standard InChI is InChI=1S/C20H19ClF3N7O5S/c1-29-14(12-9-26-28-16(12)20(22,23)24)10-25-17(29)18(32)27-11-2-3-15(13(21)8-11)37(35,36)31-6-4-30(5-7-31)19(33)34/h2-3,8-10H,4-7H2,1H3,(H,26,28)(H,27,32)(H,33,34). The highest BCUT2D eigenvalue weighted by atomic mass is 35.5. The molecule has 1 fully saturated rings. The first-order valence-electron chi connectivity index (χ1n) is 10.5. The van der Waals surface area contributed by atoms with Crippen molar-refractivity contribution in [1.82, 2.24) is 29.0 Å². The summed E-state index contributed by atoms with van der Waals surface area (Å²) < 4.78 is 67.9. The summed E-state index contributed by atoms with van der Waals surface area (Å²) >= 11 is 6.21. The third kappa shape index (κ3) is 5.12. The van der Waals surface area contributed by atoms with Crippen LogP contribution in [0.15, 0.2) is 35.5 Å². The number of halogens is 4. The molecule has 1 aromatic carbocycles. The third-order valence-electron chi connectivity index (χ3n) is 5.71. The van der Waals surface area contributed by atoms with Gasteiger partial charge >= 0.3 is 12.3 Å². The molecule has 2 aromatic heterocycles. The molecule has 0 bridgehead atoms. The Labute approximate surface area is 212 Å². The van der Waals surface area contributed by atoms with Crippen LogP contribution in [0.1, 0.15) is 16.3 Å². The van der Waals surface area contributed by atoms with Crippen molar-refractivity contribution < 1.29 is 36.3 Å². The van der Waals surface area contributed by atoms with Crippen molar-refractivity contribution in [3.8, 4) is 11.3 Å². The zero-order valence-corrected chi connectivity index (χ0v) is 20.5. The molecule has 1 aliphatic rings. The van der Waals surface area contributed by atoms with Crippen LogP contribution in [-0.4, -0.2) is 80.7 Å². The number of sulfonamides is 1. The number of piperazine rings is 1. The normalized spacial score (nSPS) is 15.1. The molecule has 3 aromatic rings. The number of alkyl halides is 3. The molecule has 1 aliphatic heterocycles. The Morgan fingerprint density at radius 3 is 2.43 bits per heavy atom. The molecule has 4 rings (SSSR count). The van der Waals surface area contributed by atoms with Gasteiger partial charge in [0.2, 0.25) is 10.0 Å². The van der Waals surface area contributed by atoms with E-state index in [1.165, 1.54) is 25.2 Å². The second-order valence-electron chi connectivity index (χ2n) is 7.96. The number of hydrogen-bond acceptors (Lipinski definition) is 6. The van der Waals surface area contributed by atoms with Gasteiger partial charge in [0.25, 0.3) is 5.91 Å². The number of aromatic amines is 1. The van der Waals surface area contributed by atoms with E-state index in [2.05, 4.69) is 15.4 Å². The molecule has 0 radical (unpaired) electrons. The second-order valence-corrected chi connectivity index (χ2v) is 10.3. The van der Waals surface area contributed by atoms with Crippen LogP contribution in [0.5, 0.6) is 0 Å². The molecule has 12 nitrogen and oxygen atoms in total. The Bertz CT molecular complexity index is 1460. The summed E-state index contributed by atoms with van der Waals surface area (Å²) in [7, 11) is -2.67. The van der Waals surface area contributed by atoms with E-state index >= 15 is 0 Å². The molecule has 0 saturated carbocycles. The number of carboxylic acid groups (broad SMARTS) is 1. The largest absolute Gasteiger partial charge is 0.465 e. The minimum atomic E-state index is -4.69. The number of nitrogens with zero attached hydrogens (tertiary/aromatic N) is 5. The maximum absolute atomic E-state index is 13.2. The van der Waals surface area contributed by atoms with Crippen LogP contribution in [0.4, 0.5) is 23.7 Å². The third-order valence-corrected chi connectivity index (χ3v) is 8.09. The minimum Gasteiger partial charge on any atom is -0.465 e. The number of hydrogen-bond donors (Lipinski definition) is 3. The molecule has 3 N–H and O–H groups in total. The van der Waals surface area contributed by atoms with Gasteiger partial charge in [-0.05, 0) is 18.2 Å². The highest BCUT2D eigenvalue weighted by Crippen LogP contribution is 2.35. The van der Waals surface area contributed by atoms with Crippen LogP contribution < -0.4 is 5.32 Å². The van der Waals surface area contributed by atoms with Crippen molar-refractivity contribution >= 4 is 39.3 Å². The molecule has 17 heteroatoms. The van der Waals surface area contributed by atoms with E-state index in [4.69, 9.17) is 16.7 Å². The van der Waals surface area contributed by atoms with Gasteiger partial charge in [0.1, 0.15) is 10.6 Å². The van der Waals surface area contributed by atoms with Crippen molar-refractivity contribution in [3.63, 3.8) is 0 Å². The van der Waals surface area contributed by atoms with Crippen LogP contribution in [-0.2, 0) is 23.2 Å². The van der Waals surface area contributed by atoms with Crippen LogP contribution in [0.25, 0.3) is 11.3 Å². The maximum Gasteiger partial charge on any atom is 0.433 e. The molecular formula is C20H19ClF3N7O5S. The van der Waals surface area contributed by atoms with Crippen molar-refractivity contribution in [2.24, 2.45) is 7.05 Å². The molecule has 0 unspecified atom stereocenters. The summed E-state index contributed by atoms with van der Waals surface area (Å²) in [6.45, 7) is -0.0696. The van der Waals surface area contributed by atoms with E-state index < -0.39 is 33.9 Å². The van der Waals surface area contributed by atoms with Gasteiger partial charge in [-0.2, -0.15) is 22.6 Å². The molecule has 0 aliphatic carbocycles. The van der Waals surface area contributed by atoms with Gasteiger partial charge in [-0.3, -0.25) is 9.89 Å². The second kappa shape index (κ2) is 9.68. The van der Waals surface area contributed by atoms with Crippen LogP contribution in [0.3, 0.4) is 0 Å². The van der Waals surface area contributed by atoms with E-state index in [0.29, 0.717) is 0 Å². The lowest BCUT2D eigenvalue weighted by Crippen LogP contribution is -2.50. The van der Waals surface area contributed by atoms with E-state index in [1.54, 1.807) is 0 Å². The zero-order chi connectivity index (χ0) is 27.1. The number of rotatable bonds is 5.